The third-order valence-electron chi connectivity index (χ3n) is 4.74. The standard InChI is InChI=1S/C21H25FN2O4/c1-14-12-19(15(2)28-14)21(26)24(13-18-4-3-11-27-18)10-9-20(25)23-17-7-5-16(22)6-8-17/h5-8,12,18H,3-4,9-11,13H2,1-2H3,(H,23,25)/t18-/m0/s1. The van der Waals surface area contributed by atoms with E-state index in [1.165, 1.54) is 24.3 Å². The molecule has 0 bridgehead atoms. The monoisotopic (exact) mass is 388 g/mol. The highest BCUT2D eigenvalue weighted by atomic mass is 19.1. The van der Waals surface area contributed by atoms with Crippen LogP contribution >= 0.6 is 0 Å². The zero-order chi connectivity index (χ0) is 20.1. The smallest absolute Gasteiger partial charge is 0.257 e. The van der Waals surface area contributed by atoms with E-state index >= 15 is 0 Å². The topological polar surface area (TPSA) is 71.8 Å². The normalized spacial score (nSPS) is 16.2. The molecule has 1 saturated heterocycles. The molecule has 0 saturated carbocycles. The fourth-order valence-electron chi connectivity index (χ4n) is 3.32. The molecule has 2 aromatic rings. The molecule has 1 aromatic heterocycles. The number of ether oxygens (including phenoxy) is 1. The average Bonchev–Trinajstić information content (AvgIpc) is 3.29. The summed E-state index contributed by atoms with van der Waals surface area (Å²) in [6, 6.07) is 7.29. The Balaban J connectivity index is 1.64. The second kappa shape index (κ2) is 9.01. The van der Waals surface area contributed by atoms with Crippen LogP contribution in [0.5, 0.6) is 0 Å². The number of hydrogen-bond donors (Lipinski definition) is 1. The van der Waals surface area contributed by atoms with Crippen LogP contribution in [0, 0.1) is 19.7 Å². The van der Waals surface area contributed by atoms with Crippen molar-refractivity contribution in [1.82, 2.24) is 4.90 Å². The van der Waals surface area contributed by atoms with Gasteiger partial charge in [0.05, 0.1) is 11.7 Å². The summed E-state index contributed by atoms with van der Waals surface area (Å²) in [5, 5.41) is 2.72. The van der Waals surface area contributed by atoms with Crippen molar-refractivity contribution in [3.8, 4) is 0 Å². The van der Waals surface area contributed by atoms with Crippen molar-refractivity contribution in [1.29, 1.82) is 0 Å². The summed E-state index contributed by atoms with van der Waals surface area (Å²) in [5.41, 5.74) is 1.03. The number of anilines is 1. The third kappa shape index (κ3) is 5.19. The van der Waals surface area contributed by atoms with E-state index in [0.29, 0.717) is 35.9 Å². The molecule has 6 nitrogen and oxygen atoms in total. The number of nitrogens with one attached hydrogen (secondary N) is 1. The Morgan fingerprint density at radius 1 is 1.25 bits per heavy atom. The summed E-state index contributed by atoms with van der Waals surface area (Å²) in [7, 11) is 0. The number of nitrogens with zero attached hydrogens (tertiary/aromatic N) is 1. The van der Waals surface area contributed by atoms with Gasteiger partial charge < -0.3 is 19.4 Å². The van der Waals surface area contributed by atoms with E-state index < -0.39 is 0 Å². The maximum absolute atomic E-state index is 13.0. The van der Waals surface area contributed by atoms with Crippen LogP contribution in [-0.2, 0) is 9.53 Å². The predicted molar refractivity (Wildman–Crippen MR) is 103 cm³/mol. The van der Waals surface area contributed by atoms with Crippen molar-refractivity contribution in [2.45, 2.75) is 39.2 Å². The number of carbonyl (C=O) groups is 2. The molecule has 150 valence electrons. The first-order valence-corrected chi connectivity index (χ1v) is 9.45. The Hall–Kier alpha value is -2.67. The Morgan fingerprint density at radius 2 is 2.00 bits per heavy atom. The molecule has 0 unspecified atom stereocenters. The van der Waals surface area contributed by atoms with Crippen LogP contribution in [0.25, 0.3) is 0 Å². The van der Waals surface area contributed by atoms with E-state index in [-0.39, 0.29) is 36.7 Å². The molecule has 2 heterocycles. The van der Waals surface area contributed by atoms with E-state index in [0.717, 1.165) is 12.8 Å². The van der Waals surface area contributed by atoms with Gasteiger partial charge in [-0.1, -0.05) is 0 Å². The fraction of sp³-hybridized carbons (Fsp3) is 0.429. The number of hydrogen-bond acceptors (Lipinski definition) is 4. The maximum atomic E-state index is 13.0. The number of aryl methyl sites for hydroxylation is 2. The highest BCUT2D eigenvalue weighted by Crippen LogP contribution is 2.19. The van der Waals surface area contributed by atoms with Crippen LogP contribution < -0.4 is 5.32 Å². The van der Waals surface area contributed by atoms with Gasteiger partial charge in [-0.3, -0.25) is 9.59 Å². The molecule has 1 atom stereocenters. The lowest BCUT2D eigenvalue weighted by Crippen LogP contribution is -2.39. The van der Waals surface area contributed by atoms with Gasteiger partial charge >= 0.3 is 0 Å². The van der Waals surface area contributed by atoms with E-state index in [9.17, 15) is 14.0 Å². The van der Waals surface area contributed by atoms with E-state index in [2.05, 4.69) is 5.32 Å². The van der Waals surface area contributed by atoms with Crippen molar-refractivity contribution in [3.63, 3.8) is 0 Å². The number of amides is 2. The zero-order valence-corrected chi connectivity index (χ0v) is 16.2. The molecule has 2 amide bonds. The van der Waals surface area contributed by atoms with Crippen molar-refractivity contribution >= 4 is 17.5 Å². The van der Waals surface area contributed by atoms with E-state index in [4.69, 9.17) is 9.15 Å². The van der Waals surface area contributed by atoms with Gasteiger partial charge in [0, 0.05) is 31.8 Å². The van der Waals surface area contributed by atoms with E-state index in [1.54, 1.807) is 24.8 Å². The Morgan fingerprint density at radius 3 is 2.61 bits per heavy atom. The Bertz CT molecular complexity index is 825. The number of carbonyl (C=O) groups excluding carboxylic acids is 2. The lowest BCUT2D eigenvalue weighted by Gasteiger charge is -2.25. The van der Waals surface area contributed by atoms with Crippen LogP contribution in [0.15, 0.2) is 34.7 Å². The second-order valence-electron chi connectivity index (χ2n) is 7.02. The molecule has 0 aliphatic carbocycles. The summed E-state index contributed by atoms with van der Waals surface area (Å²) >= 11 is 0. The van der Waals surface area contributed by atoms with Crippen LogP contribution in [0.4, 0.5) is 10.1 Å². The highest BCUT2D eigenvalue weighted by Gasteiger charge is 2.26. The van der Waals surface area contributed by atoms with Crippen LogP contribution in [0.1, 0.15) is 41.1 Å². The van der Waals surface area contributed by atoms with Crippen molar-refractivity contribution in [2.24, 2.45) is 0 Å². The number of benzene rings is 1. The molecule has 3 rings (SSSR count). The van der Waals surface area contributed by atoms with Gasteiger partial charge in [-0.15, -0.1) is 0 Å². The van der Waals surface area contributed by atoms with Gasteiger partial charge in [-0.05, 0) is 57.0 Å². The molecule has 28 heavy (non-hydrogen) atoms. The molecule has 1 aliphatic heterocycles. The third-order valence-corrected chi connectivity index (χ3v) is 4.74. The number of furan rings is 1. The minimum absolute atomic E-state index is 0.0163. The lowest BCUT2D eigenvalue weighted by molar-refractivity contribution is -0.116. The molecule has 1 N–H and O–H groups in total. The van der Waals surface area contributed by atoms with Gasteiger partial charge in [-0.25, -0.2) is 4.39 Å². The summed E-state index contributed by atoms with van der Waals surface area (Å²) in [6.07, 6.45) is 1.99. The summed E-state index contributed by atoms with van der Waals surface area (Å²) in [5.74, 6) is 0.468. The first-order chi connectivity index (χ1) is 13.4. The van der Waals surface area contributed by atoms with Crippen LogP contribution in [-0.4, -0.2) is 42.5 Å². The summed E-state index contributed by atoms with van der Waals surface area (Å²) < 4.78 is 24.1. The zero-order valence-electron chi connectivity index (χ0n) is 16.2. The van der Waals surface area contributed by atoms with Crippen molar-refractivity contribution < 1.29 is 23.1 Å². The molecule has 0 radical (unpaired) electrons. The maximum Gasteiger partial charge on any atom is 0.257 e. The molecular weight excluding hydrogens is 363 g/mol. The predicted octanol–water partition coefficient (Wildman–Crippen LogP) is 3.69. The summed E-state index contributed by atoms with van der Waals surface area (Å²) in [4.78, 5) is 26.9. The molecular formula is C21H25FN2O4. The van der Waals surface area contributed by atoms with Crippen LogP contribution in [0.2, 0.25) is 0 Å². The minimum atomic E-state index is -0.364. The van der Waals surface area contributed by atoms with Gasteiger partial charge in [0.25, 0.3) is 5.91 Å². The van der Waals surface area contributed by atoms with Gasteiger partial charge in [0.1, 0.15) is 17.3 Å². The molecule has 1 aliphatic rings. The SMILES string of the molecule is Cc1cc(C(=O)N(CCC(=O)Nc2ccc(F)cc2)C[C@@H]2CCCO2)c(C)o1. The first-order valence-electron chi connectivity index (χ1n) is 9.45. The molecule has 1 aromatic carbocycles. The Kier molecular flexibility index (Phi) is 6.46. The van der Waals surface area contributed by atoms with Gasteiger partial charge in [-0.2, -0.15) is 0 Å². The van der Waals surface area contributed by atoms with E-state index in [1.807, 2.05) is 0 Å². The quantitative estimate of drug-likeness (QED) is 0.785. The Labute approximate surface area is 163 Å². The largest absolute Gasteiger partial charge is 0.466 e. The number of halogens is 1. The number of rotatable bonds is 7. The molecule has 1 fully saturated rings. The fourth-order valence-corrected chi connectivity index (χ4v) is 3.32. The lowest BCUT2D eigenvalue weighted by atomic mass is 10.1. The van der Waals surface area contributed by atoms with Crippen molar-refractivity contribution in [3.05, 3.63) is 53.2 Å². The molecule has 7 heteroatoms. The molecule has 0 spiro atoms. The first kappa shape index (κ1) is 20.1. The van der Waals surface area contributed by atoms with Gasteiger partial charge in [0.2, 0.25) is 5.91 Å². The van der Waals surface area contributed by atoms with Crippen molar-refractivity contribution in [2.75, 3.05) is 25.0 Å². The second-order valence-corrected chi connectivity index (χ2v) is 7.02. The minimum Gasteiger partial charge on any atom is -0.466 e. The summed E-state index contributed by atoms with van der Waals surface area (Å²) in [6.45, 7) is 4.94. The van der Waals surface area contributed by atoms with Gasteiger partial charge in [0.15, 0.2) is 0 Å². The highest BCUT2D eigenvalue weighted by molar-refractivity contribution is 5.96. The average molecular weight is 388 g/mol. The van der Waals surface area contributed by atoms with Crippen LogP contribution in [0.3, 0.4) is 0 Å².